The van der Waals surface area contributed by atoms with Crippen LogP contribution in [0.3, 0.4) is 0 Å². The van der Waals surface area contributed by atoms with Crippen LogP contribution in [0.4, 0.5) is 0 Å². The fourth-order valence-corrected chi connectivity index (χ4v) is 2.30. The average Bonchev–Trinajstić information content (AvgIpc) is 2.45. The molecule has 1 aliphatic carbocycles. The third-order valence-electron chi connectivity index (χ3n) is 2.72. The summed E-state index contributed by atoms with van der Waals surface area (Å²) in [6.45, 7) is 4.11. The Bertz CT molecular complexity index is 394. The van der Waals surface area contributed by atoms with Gasteiger partial charge in [-0.1, -0.05) is 15.9 Å². The van der Waals surface area contributed by atoms with Crippen molar-refractivity contribution in [2.24, 2.45) is 0 Å². The normalized spacial score (nSPS) is 14.8. The average molecular weight is 239 g/mol. The van der Waals surface area contributed by atoms with Gasteiger partial charge in [-0.3, -0.25) is 4.79 Å². The van der Waals surface area contributed by atoms with Crippen molar-refractivity contribution in [3.63, 3.8) is 0 Å². The van der Waals surface area contributed by atoms with E-state index in [9.17, 15) is 4.79 Å². The van der Waals surface area contributed by atoms with Crippen LogP contribution in [0.1, 0.15) is 33.5 Å². The summed E-state index contributed by atoms with van der Waals surface area (Å²) in [5.74, 6) is 0.300. The van der Waals surface area contributed by atoms with Gasteiger partial charge in [0.1, 0.15) is 0 Å². The van der Waals surface area contributed by atoms with E-state index in [1.54, 1.807) is 0 Å². The molecule has 0 saturated carbocycles. The monoisotopic (exact) mass is 238 g/mol. The molecule has 2 heteroatoms. The van der Waals surface area contributed by atoms with E-state index in [-0.39, 0.29) is 0 Å². The van der Waals surface area contributed by atoms with Gasteiger partial charge in [-0.15, -0.1) is 0 Å². The van der Waals surface area contributed by atoms with Gasteiger partial charge in [0.25, 0.3) is 0 Å². The molecule has 68 valence electrons. The number of Topliss-reactive ketones (excluding diaryl/α,β-unsaturated/α-hetero) is 1. The quantitative estimate of drug-likeness (QED) is 0.679. The number of hydrogen-bond donors (Lipinski definition) is 0. The van der Waals surface area contributed by atoms with Crippen LogP contribution in [0.2, 0.25) is 0 Å². The van der Waals surface area contributed by atoms with Gasteiger partial charge in [-0.25, -0.2) is 0 Å². The number of benzene rings is 1. The van der Waals surface area contributed by atoms with E-state index in [2.05, 4.69) is 22.9 Å². The summed E-state index contributed by atoms with van der Waals surface area (Å²) in [6.07, 6.45) is 1.60. The molecule has 0 heterocycles. The number of halogens is 1. The van der Waals surface area contributed by atoms with Gasteiger partial charge in [0.05, 0.1) is 0 Å². The fourth-order valence-electron chi connectivity index (χ4n) is 1.94. The number of carbonyl (C=O) groups excluding carboxylic acids is 1. The third-order valence-corrected chi connectivity index (χ3v) is 3.94. The molecule has 0 spiro atoms. The SMILES string of the molecule is Cc1cc2c(c(C)c1Br)CCC2=O. The Morgan fingerprint density at radius 1 is 1.31 bits per heavy atom. The summed E-state index contributed by atoms with van der Waals surface area (Å²) in [5.41, 5.74) is 4.58. The molecule has 0 atom stereocenters. The van der Waals surface area contributed by atoms with E-state index in [1.165, 1.54) is 11.1 Å². The second-order valence-electron chi connectivity index (χ2n) is 3.58. The Morgan fingerprint density at radius 3 is 2.69 bits per heavy atom. The third kappa shape index (κ3) is 1.24. The summed E-state index contributed by atoms with van der Waals surface area (Å²) in [6, 6.07) is 2.00. The molecule has 1 aromatic rings. The summed E-state index contributed by atoms with van der Waals surface area (Å²) in [5, 5.41) is 0. The van der Waals surface area contributed by atoms with Gasteiger partial charge < -0.3 is 0 Å². The lowest BCUT2D eigenvalue weighted by molar-refractivity contribution is 0.0994. The Balaban J connectivity index is 2.74. The smallest absolute Gasteiger partial charge is 0.163 e. The zero-order valence-corrected chi connectivity index (χ0v) is 9.36. The van der Waals surface area contributed by atoms with Gasteiger partial charge in [0.2, 0.25) is 0 Å². The number of fused-ring (bicyclic) bond motifs is 1. The van der Waals surface area contributed by atoms with Gasteiger partial charge in [-0.2, -0.15) is 0 Å². The lowest BCUT2D eigenvalue weighted by atomic mass is 10.0. The maximum absolute atomic E-state index is 11.5. The Labute approximate surface area is 86.3 Å². The Kier molecular flexibility index (Phi) is 2.03. The topological polar surface area (TPSA) is 17.1 Å². The molecule has 0 N–H and O–H groups in total. The number of hydrogen-bond acceptors (Lipinski definition) is 1. The molecule has 0 amide bonds. The van der Waals surface area contributed by atoms with Gasteiger partial charge in [0.15, 0.2) is 5.78 Å². The first kappa shape index (κ1) is 8.95. The summed E-state index contributed by atoms with van der Waals surface area (Å²) >= 11 is 3.54. The van der Waals surface area contributed by atoms with E-state index >= 15 is 0 Å². The zero-order valence-electron chi connectivity index (χ0n) is 7.78. The van der Waals surface area contributed by atoms with Crippen LogP contribution in [0.15, 0.2) is 10.5 Å². The minimum atomic E-state index is 0.300. The maximum Gasteiger partial charge on any atom is 0.163 e. The largest absolute Gasteiger partial charge is 0.294 e. The zero-order chi connectivity index (χ0) is 9.59. The molecule has 0 aromatic heterocycles. The maximum atomic E-state index is 11.5. The first-order valence-electron chi connectivity index (χ1n) is 4.43. The van der Waals surface area contributed by atoms with Gasteiger partial charge >= 0.3 is 0 Å². The highest BCUT2D eigenvalue weighted by atomic mass is 79.9. The summed E-state index contributed by atoms with van der Waals surface area (Å²) in [7, 11) is 0. The Morgan fingerprint density at radius 2 is 2.00 bits per heavy atom. The molecule has 13 heavy (non-hydrogen) atoms. The van der Waals surface area contributed by atoms with E-state index in [0.717, 1.165) is 22.0 Å². The Hall–Kier alpha value is -0.630. The van der Waals surface area contributed by atoms with Gasteiger partial charge in [-0.05, 0) is 43.0 Å². The second kappa shape index (κ2) is 2.95. The molecule has 0 bridgehead atoms. The first-order chi connectivity index (χ1) is 6.11. The first-order valence-corrected chi connectivity index (χ1v) is 5.22. The molecule has 0 aliphatic heterocycles. The number of ketones is 1. The molecule has 1 aromatic carbocycles. The lowest BCUT2D eigenvalue weighted by Gasteiger charge is -2.08. The molecule has 0 saturated heterocycles. The number of carbonyl (C=O) groups is 1. The van der Waals surface area contributed by atoms with Crippen LogP contribution in [-0.4, -0.2) is 5.78 Å². The van der Waals surface area contributed by atoms with Crippen LogP contribution >= 0.6 is 15.9 Å². The van der Waals surface area contributed by atoms with E-state index in [1.807, 2.05) is 13.0 Å². The predicted molar refractivity (Wildman–Crippen MR) is 56.3 cm³/mol. The predicted octanol–water partition coefficient (Wildman–Crippen LogP) is 3.19. The van der Waals surface area contributed by atoms with Crippen molar-refractivity contribution in [1.82, 2.24) is 0 Å². The fraction of sp³-hybridized carbons (Fsp3) is 0.364. The van der Waals surface area contributed by atoms with Crippen molar-refractivity contribution >= 4 is 21.7 Å². The summed E-state index contributed by atoms with van der Waals surface area (Å²) < 4.78 is 1.15. The molecular formula is C11H11BrO. The molecule has 0 unspecified atom stereocenters. The molecule has 0 radical (unpaired) electrons. The highest BCUT2D eigenvalue weighted by Crippen LogP contribution is 2.32. The lowest BCUT2D eigenvalue weighted by Crippen LogP contribution is -1.95. The highest BCUT2D eigenvalue weighted by molar-refractivity contribution is 9.10. The number of aryl methyl sites for hydroxylation is 1. The molecule has 2 rings (SSSR count). The molecule has 1 aliphatic rings. The van der Waals surface area contributed by atoms with E-state index in [0.29, 0.717) is 12.2 Å². The minimum Gasteiger partial charge on any atom is -0.294 e. The van der Waals surface area contributed by atoms with Crippen LogP contribution in [0.25, 0.3) is 0 Å². The standard InChI is InChI=1S/C11H11BrO/c1-6-5-9-8(3-4-10(9)13)7(2)11(6)12/h5H,3-4H2,1-2H3. The van der Waals surface area contributed by atoms with Crippen LogP contribution in [0, 0.1) is 13.8 Å². The van der Waals surface area contributed by atoms with Crippen molar-refractivity contribution in [2.45, 2.75) is 26.7 Å². The van der Waals surface area contributed by atoms with Gasteiger partial charge in [0, 0.05) is 16.5 Å². The minimum absolute atomic E-state index is 0.300. The van der Waals surface area contributed by atoms with Crippen LogP contribution in [-0.2, 0) is 6.42 Å². The second-order valence-corrected chi connectivity index (χ2v) is 4.37. The van der Waals surface area contributed by atoms with Crippen molar-refractivity contribution < 1.29 is 4.79 Å². The van der Waals surface area contributed by atoms with E-state index < -0.39 is 0 Å². The number of rotatable bonds is 0. The van der Waals surface area contributed by atoms with Crippen molar-refractivity contribution in [2.75, 3.05) is 0 Å². The van der Waals surface area contributed by atoms with Crippen molar-refractivity contribution in [3.05, 3.63) is 32.8 Å². The molecular weight excluding hydrogens is 228 g/mol. The molecule has 0 fully saturated rings. The van der Waals surface area contributed by atoms with Crippen molar-refractivity contribution in [1.29, 1.82) is 0 Å². The highest BCUT2D eigenvalue weighted by Gasteiger charge is 2.22. The van der Waals surface area contributed by atoms with Crippen molar-refractivity contribution in [3.8, 4) is 0 Å². The van der Waals surface area contributed by atoms with Crippen LogP contribution in [0.5, 0.6) is 0 Å². The summed E-state index contributed by atoms with van der Waals surface area (Å²) in [4.78, 5) is 11.5. The van der Waals surface area contributed by atoms with Crippen LogP contribution < -0.4 is 0 Å². The van der Waals surface area contributed by atoms with E-state index in [4.69, 9.17) is 0 Å². The molecule has 1 nitrogen and oxygen atoms in total.